The Morgan fingerprint density at radius 1 is 0.947 bits per heavy atom. The molecule has 208 valence electrons. The molecule has 0 aromatic heterocycles. The Hall–Kier alpha value is -2.91. The Labute approximate surface area is 234 Å². The molecule has 9 heteroatoms. The molecule has 0 heterocycles. The maximum atomic E-state index is 12.9. The predicted molar refractivity (Wildman–Crippen MR) is 152 cm³/mol. The van der Waals surface area contributed by atoms with Crippen molar-refractivity contribution in [3.8, 4) is 5.75 Å². The van der Waals surface area contributed by atoms with E-state index in [1.54, 1.807) is 24.3 Å². The number of rotatable bonds is 17. The molecule has 0 saturated heterocycles. The molecule has 0 aliphatic carbocycles. The van der Waals surface area contributed by atoms with Gasteiger partial charge in [0.05, 0.1) is 0 Å². The van der Waals surface area contributed by atoms with Gasteiger partial charge in [0.1, 0.15) is 18.4 Å². The number of nitrogens with one attached hydrogen (secondary N) is 2. The predicted octanol–water partition coefficient (Wildman–Crippen LogP) is 5.41. The van der Waals surface area contributed by atoms with E-state index in [2.05, 4.69) is 33.5 Å². The summed E-state index contributed by atoms with van der Waals surface area (Å²) in [6.07, 6.45) is 6.57. The highest BCUT2D eigenvalue weighted by atomic mass is 79.9. The number of hydrogen-bond acceptors (Lipinski definition) is 6. The first-order chi connectivity index (χ1) is 18.4. The molecule has 8 nitrogen and oxygen atoms in total. The van der Waals surface area contributed by atoms with E-state index in [0.717, 1.165) is 60.5 Å². The van der Waals surface area contributed by atoms with Gasteiger partial charge in [-0.15, -0.1) is 0 Å². The van der Waals surface area contributed by atoms with Gasteiger partial charge in [0, 0.05) is 29.4 Å². The average molecular weight is 591 g/mol. The largest absolute Gasteiger partial charge is 0.514 e. The summed E-state index contributed by atoms with van der Waals surface area (Å²) in [5, 5.41) is 5.84. The second-order valence-corrected chi connectivity index (χ2v) is 10.0. The smallest absolute Gasteiger partial charge is 0.429 e. The highest BCUT2D eigenvalue weighted by Crippen LogP contribution is 2.18. The van der Waals surface area contributed by atoms with Crippen LogP contribution in [-0.4, -0.2) is 37.1 Å². The van der Waals surface area contributed by atoms with Crippen LogP contribution in [0.2, 0.25) is 0 Å². The second kappa shape index (κ2) is 18.4. The monoisotopic (exact) mass is 589 g/mol. The molecule has 2 aromatic carbocycles. The van der Waals surface area contributed by atoms with Crippen LogP contribution >= 0.6 is 15.9 Å². The minimum Gasteiger partial charge on any atom is -0.429 e. The summed E-state index contributed by atoms with van der Waals surface area (Å²) in [6.45, 7) is 3.41. The van der Waals surface area contributed by atoms with Crippen molar-refractivity contribution in [3.63, 3.8) is 0 Å². The van der Waals surface area contributed by atoms with Crippen molar-refractivity contribution < 1.29 is 23.9 Å². The van der Waals surface area contributed by atoms with Gasteiger partial charge in [-0.3, -0.25) is 9.59 Å². The molecule has 2 amide bonds. The van der Waals surface area contributed by atoms with Gasteiger partial charge in [-0.1, -0.05) is 78.9 Å². The van der Waals surface area contributed by atoms with Gasteiger partial charge in [0.15, 0.2) is 0 Å². The van der Waals surface area contributed by atoms with Crippen LogP contribution in [-0.2, 0) is 27.4 Å². The lowest BCUT2D eigenvalue weighted by Gasteiger charge is -2.19. The summed E-state index contributed by atoms with van der Waals surface area (Å²) in [4.78, 5) is 37.5. The van der Waals surface area contributed by atoms with Crippen molar-refractivity contribution in [1.29, 1.82) is 0 Å². The molecule has 0 unspecified atom stereocenters. The topological polar surface area (TPSA) is 120 Å². The maximum Gasteiger partial charge on any atom is 0.514 e. The quantitative estimate of drug-likeness (QED) is 0.129. The van der Waals surface area contributed by atoms with Gasteiger partial charge in [-0.2, -0.15) is 0 Å². The highest BCUT2D eigenvalue weighted by Gasteiger charge is 2.21. The van der Waals surface area contributed by atoms with Crippen LogP contribution in [0.4, 0.5) is 4.79 Å². The number of carbonyl (C=O) groups is 3. The Morgan fingerprint density at radius 3 is 2.39 bits per heavy atom. The molecule has 0 aliphatic heterocycles. The van der Waals surface area contributed by atoms with E-state index in [9.17, 15) is 14.4 Å². The molecule has 4 N–H and O–H groups in total. The second-order valence-electron chi connectivity index (χ2n) is 9.15. The molecule has 0 fully saturated rings. The van der Waals surface area contributed by atoms with Crippen molar-refractivity contribution in [2.75, 3.05) is 13.1 Å². The number of amides is 2. The van der Waals surface area contributed by atoms with Gasteiger partial charge in [-0.25, -0.2) is 4.79 Å². The van der Waals surface area contributed by atoms with E-state index < -0.39 is 12.2 Å². The molecule has 0 radical (unpaired) electrons. The van der Waals surface area contributed by atoms with Crippen LogP contribution in [0.1, 0.15) is 69.4 Å². The average Bonchev–Trinajstić information content (AvgIpc) is 2.91. The third-order valence-corrected chi connectivity index (χ3v) is 6.73. The van der Waals surface area contributed by atoms with Crippen LogP contribution in [0.25, 0.3) is 0 Å². The van der Waals surface area contributed by atoms with Crippen molar-refractivity contribution in [1.82, 2.24) is 10.6 Å². The van der Waals surface area contributed by atoms with Gasteiger partial charge < -0.3 is 25.8 Å². The van der Waals surface area contributed by atoms with Crippen LogP contribution < -0.4 is 21.1 Å². The van der Waals surface area contributed by atoms with Crippen molar-refractivity contribution in [2.24, 2.45) is 5.73 Å². The third kappa shape index (κ3) is 12.6. The number of nitrogens with two attached hydrogens (primary N) is 1. The van der Waals surface area contributed by atoms with Crippen molar-refractivity contribution >= 4 is 33.9 Å². The molecule has 2 aromatic rings. The summed E-state index contributed by atoms with van der Waals surface area (Å²) >= 11 is 3.42. The minimum absolute atomic E-state index is 0.0828. The summed E-state index contributed by atoms with van der Waals surface area (Å²) in [5.41, 5.74) is 7.18. The van der Waals surface area contributed by atoms with E-state index in [0.29, 0.717) is 31.7 Å². The molecule has 0 bridgehead atoms. The van der Waals surface area contributed by atoms with E-state index in [1.165, 1.54) is 0 Å². The molecule has 2 rings (SSSR count). The zero-order chi connectivity index (χ0) is 27.6. The lowest BCUT2D eigenvalue weighted by molar-refractivity contribution is -0.129. The minimum atomic E-state index is -0.810. The molecular weight excluding hydrogens is 550 g/mol. The number of halogens is 1. The Kier molecular flexibility index (Phi) is 15.1. The fourth-order valence-corrected chi connectivity index (χ4v) is 4.18. The zero-order valence-electron chi connectivity index (χ0n) is 22.2. The van der Waals surface area contributed by atoms with E-state index in [1.807, 2.05) is 24.3 Å². The highest BCUT2D eigenvalue weighted by molar-refractivity contribution is 9.10. The Bertz CT molecular complexity index is 1000. The Balaban J connectivity index is 1.91. The standard InChI is InChI=1S/C29H40BrN3O5/c1-2-3-4-10-19-32-28(35)26(33-27(34)13-6-5-9-18-31)20-22-14-16-24(17-15-22)38-29(36)37-21-23-11-7-8-12-25(23)30/h7-8,11-12,14-17,26H,2-6,9-10,13,18-21,31H2,1H3,(H,32,35)(H,33,34)/t26-/m0/s1. The fourth-order valence-electron chi connectivity index (χ4n) is 3.78. The number of hydrogen-bond donors (Lipinski definition) is 3. The fraction of sp³-hybridized carbons (Fsp3) is 0.483. The van der Waals surface area contributed by atoms with Gasteiger partial charge in [0.2, 0.25) is 11.8 Å². The van der Waals surface area contributed by atoms with E-state index in [4.69, 9.17) is 15.2 Å². The van der Waals surface area contributed by atoms with Crippen LogP contribution in [0.5, 0.6) is 5.75 Å². The van der Waals surface area contributed by atoms with E-state index >= 15 is 0 Å². The van der Waals surface area contributed by atoms with Crippen LogP contribution in [0.3, 0.4) is 0 Å². The summed E-state index contributed by atoms with van der Waals surface area (Å²) in [7, 11) is 0. The van der Waals surface area contributed by atoms with E-state index in [-0.39, 0.29) is 18.4 Å². The Morgan fingerprint density at radius 2 is 1.68 bits per heavy atom. The zero-order valence-corrected chi connectivity index (χ0v) is 23.8. The number of unbranched alkanes of at least 4 members (excludes halogenated alkanes) is 5. The van der Waals surface area contributed by atoms with Crippen LogP contribution in [0, 0.1) is 0 Å². The first kappa shape index (κ1) is 31.3. The van der Waals surface area contributed by atoms with Gasteiger partial charge in [0.25, 0.3) is 0 Å². The molecule has 0 saturated carbocycles. The maximum absolute atomic E-state index is 12.9. The number of carbonyl (C=O) groups excluding carboxylic acids is 3. The molecule has 0 spiro atoms. The van der Waals surface area contributed by atoms with Crippen LogP contribution in [0.15, 0.2) is 53.0 Å². The molecule has 38 heavy (non-hydrogen) atoms. The molecule has 1 atom stereocenters. The molecule has 0 aliphatic rings. The summed E-state index contributed by atoms with van der Waals surface area (Å²) < 4.78 is 11.3. The SMILES string of the molecule is CCCCCCNC(=O)[C@H](Cc1ccc(OC(=O)OCc2ccccc2Br)cc1)NC(=O)CCCCCN. The van der Waals surface area contributed by atoms with Crippen molar-refractivity contribution in [2.45, 2.75) is 77.4 Å². The summed E-state index contributed by atoms with van der Waals surface area (Å²) in [5.74, 6) is -0.0274. The lowest BCUT2D eigenvalue weighted by Crippen LogP contribution is -2.48. The summed E-state index contributed by atoms with van der Waals surface area (Å²) in [6, 6.07) is 13.6. The number of benzene rings is 2. The molecular formula is C29H40BrN3O5. The first-order valence-corrected chi connectivity index (χ1v) is 14.2. The van der Waals surface area contributed by atoms with Crippen molar-refractivity contribution in [3.05, 3.63) is 64.1 Å². The lowest BCUT2D eigenvalue weighted by atomic mass is 10.0. The van der Waals surface area contributed by atoms with Gasteiger partial charge >= 0.3 is 6.16 Å². The number of ether oxygens (including phenoxy) is 2. The first-order valence-electron chi connectivity index (χ1n) is 13.4. The normalized spacial score (nSPS) is 11.4. The van der Waals surface area contributed by atoms with Gasteiger partial charge in [-0.05, 0) is 49.6 Å². The third-order valence-electron chi connectivity index (χ3n) is 5.96.